The molecule has 0 unspecified atom stereocenters. The molecule has 0 aliphatic carbocycles. The first kappa shape index (κ1) is 23.3. The number of rotatable bonds is 5. The lowest BCUT2D eigenvalue weighted by Crippen LogP contribution is -2.08. The van der Waals surface area contributed by atoms with Crippen molar-refractivity contribution in [3.63, 3.8) is 0 Å². The maximum absolute atomic E-state index is 11.1. The van der Waals surface area contributed by atoms with Crippen molar-refractivity contribution in [2.45, 2.75) is 41.2 Å². The number of Topliss-reactive ketones (excluding diaryl/α,β-unsaturated/α-hetero) is 1. The average molecular weight is 425 g/mol. The van der Waals surface area contributed by atoms with E-state index < -0.39 is 0 Å². The van der Waals surface area contributed by atoms with E-state index in [0.29, 0.717) is 11.6 Å². The highest BCUT2D eigenvalue weighted by atomic mass is 32.1. The first-order valence-corrected chi connectivity index (χ1v) is 10.4. The summed E-state index contributed by atoms with van der Waals surface area (Å²) in [5, 5.41) is 2.03. The van der Waals surface area contributed by atoms with Crippen LogP contribution in [-0.4, -0.2) is 21.9 Å². The highest BCUT2D eigenvalue weighted by Gasteiger charge is 2.14. The van der Waals surface area contributed by atoms with E-state index in [9.17, 15) is 4.79 Å². The van der Waals surface area contributed by atoms with Gasteiger partial charge in [-0.2, -0.15) is 0 Å². The number of benzene rings is 1. The van der Waals surface area contributed by atoms with Gasteiger partial charge in [0.2, 0.25) is 5.88 Å². The maximum Gasteiger partial charge on any atom is 0.242 e. The van der Waals surface area contributed by atoms with Crippen molar-refractivity contribution in [1.82, 2.24) is 9.97 Å². The molecule has 3 heterocycles. The first-order chi connectivity index (χ1) is 14.0. The van der Waals surface area contributed by atoms with Crippen LogP contribution >= 0.6 is 11.3 Å². The Bertz CT molecular complexity index is 1060. The number of nitrogens with zero attached hydrogens (tertiary/aromatic N) is 2. The number of ether oxygens (including phenoxy) is 1. The van der Waals surface area contributed by atoms with E-state index in [2.05, 4.69) is 4.98 Å². The fourth-order valence-corrected chi connectivity index (χ4v) is 3.27. The van der Waals surface area contributed by atoms with E-state index >= 15 is 0 Å². The fraction of sp³-hybridized carbons (Fsp3) is 0.292. The summed E-state index contributed by atoms with van der Waals surface area (Å²) in [6, 6.07) is 15.3. The average Bonchev–Trinajstić information content (AvgIpc) is 3.41. The van der Waals surface area contributed by atoms with Crippen LogP contribution in [0.3, 0.4) is 0 Å². The first-order valence-electron chi connectivity index (χ1n) is 9.50. The molecule has 0 radical (unpaired) electrons. The van der Waals surface area contributed by atoms with E-state index in [1.165, 1.54) is 6.26 Å². The number of para-hydroxylation sites is 2. The third-order valence-electron chi connectivity index (χ3n) is 3.93. The highest BCUT2D eigenvalue weighted by Crippen LogP contribution is 2.32. The number of aromatic nitrogens is 2. The molecule has 30 heavy (non-hydrogen) atoms. The Balaban J connectivity index is 0.000000249. The molecule has 0 saturated carbocycles. The minimum atomic E-state index is 0. The van der Waals surface area contributed by atoms with Crippen LogP contribution in [0.5, 0.6) is 5.88 Å². The summed E-state index contributed by atoms with van der Waals surface area (Å²) in [6.07, 6.45) is 1.59. The minimum Gasteiger partial charge on any atom is -0.473 e. The van der Waals surface area contributed by atoms with Crippen molar-refractivity contribution in [3.8, 4) is 16.5 Å². The number of furan rings is 1. The third kappa shape index (κ3) is 5.76. The van der Waals surface area contributed by atoms with E-state index in [1.807, 2.05) is 69.5 Å². The van der Waals surface area contributed by atoms with Crippen LogP contribution in [0.25, 0.3) is 21.6 Å². The van der Waals surface area contributed by atoms with Crippen molar-refractivity contribution in [3.05, 3.63) is 65.9 Å². The standard InChI is InChI=1S/C15H14N2OS.C8H10O2.CH4/c1-10(2)18-15-14(13-8-5-9-19-13)16-11-6-3-4-7-12(11)17-15;1-6(2)8(9)7-4-3-5-10-7;/h3-10H,1-2H3;3-6H,1-2H3;1H4. The van der Waals surface area contributed by atoms with Gasteiger partial charge in [0.15, 0.2) is 11.5 Å². The Labute approximate surface area is 181 Å². The maximum atomic E-state index is 11.1. The number of thiophene rings is 1. The predicted molar refractivity (Wildman–Crippen MR) is 123 cm³/mol. The van der Waals surface area contributed by atoms with Crippen LogP contribution in [0.2, 0.25) is 0 Å². The van der Waals surface area contributed by atoms with Gasteiger partial charge < -0.3 is 9.15 Å². The van der Waals surface area contributed by atoms with Crippen LogP contribution in [0.4, 0.5) is 0 Å². The molecule has 0 aliphatic rings. The Morgan fingerprint density at radius 1 is 0.967 bits per heavy atom. The monoisotopic (exact) mass is 424 g/mol. The highest BCUT2D eigenvalue weighted by molar-refractivity contribution is 7.13. The SMILES string of the molecule is C.CC(C)C(=O)c1ccco1.CC(C)Oc1nc2ccccc2nc1-c1cccs1. The normalized spacial score (nSPS) is 10.5. The molecule has 0 amide bonds. The quantitative estimate of drug-likeness (QED) is 0.326. The Hall–Kier alpha value is -2.99. The van der Waals surface area contributed by atoms with Crippen molar-refractivity contribution in [2.24, 2.45) is 5.92 Å². The Kier molecular flexibility index (Phi) is 8.30. The molecular weight excluding hydrogens is 396 g/mol. The zero-order chi connectivity index (χ0) is 20.8. The number of ketones is 1. The molecule has 0 fully saturated rings. The zero-order valence-corrected chi connectivity index (χ0v) is 17.8. The van der Waals surface area contributed by atoms with Gasteiger partial charge in [0.25, 0.3) is 0 Å². The van der Waals surface area contributed by atoms with E-state index in [-0.39, 0.29) is 25.2 Å². The molecule has 6 heteroatoms. The summed E-state index contributed by atoms with van der Waals surface area (Å²) < 4.78 is 10.7. The molecule has 0 N–H and O–H groups in total. The topological polar surface area (TPSA) is 65.2 Å². The minimum absolute atomic E-state index is 0. The molecule has 158 valence electrons. The molecular formula is C24H28N2O3S. The largest absolute Gasteiger partial charge is 0.473 e. The molecule has 0 bridgehead atoms. The predicted octanol–water partition coefficient (Wildman–Crippen LogP) is 6.90. The number of fused-ring (bicyclic) bond motifs is 1. The Morgan fingerprint density at radius 2 is 1.67 bits per heavy atom. The molecule has 1 aromatic carbocycles. The smallest absolute Gasteiger partial charge is 0.242 e. The second-order valence-corrected chi connectivity index (χ2v) is 7.95. The van der Waals surface area contributed by atoms with Crippen LogP contribution in [0, 0.1) is 5.92 Å². The number of carbonyl (C=O) groups is 1. The van der Waals surface area contributed by atoms with Crippen molar-refractivity contribution >= 4 is 28.2 Å². The van der Waals surface area contributed by atoms with Gasteiger partial charge in [-0.25, -0.2) is 9.97 Å². The van der Waals surface area contributed by atoms with E-state index in [1.54, 1.807) is 23.5 Å². The van der Waals surface area contributed by atoms with Gasteiger partial charge in [0.05, 0.1) is 28.3 Å². The van der Waals surface area contributed by atoms with Crippen molar-refractivity contribution < 1.29 is 13.9 Å². The van der Waals surface area contributed by atoms with Gasteiger partial charge in [0.1, 0.15) is 5.69 Å². The van der Waals surface area contributed by atoms with Crippen LogP contribution in [0.15, 0.2) is 64.6 Å². The molecule has 0 spiro atoms. The van der Waals surface area contributed by atoms with Gasteiger partial charge >= 0.3 is 0 Å². The summed E-state index contributed by atoms with van der Waals surface area (Å²) in [5.74, 6) is 1.14. The van der Waals surface area contributed by atoms with Gasteiger partial charge in [-0.1, -0.05) is 39.5 Å². The summed E-state index contributed by atoms with van der Waals surface area (Å²) in [6.45, 7) is 7.69. The lowest BCUT2D eigenvalue weighted by Gasteiger charge is -2.12. The van der Waals surface area contributed by atoms with Gasteiger partial charge in [0, 0.05) is 5.92 Å². The zero-order valence-electron chi connectivity index (χ0n) is 17.0. The van der Waals surface area contributed by atoms with Gasteiger partial charge in [-0.3, -0.25) is 4.79 Å². The van der Waals surface area contributed by atoms with Crippen LogP contribution in [0.1, 0.15) is 45.7 Å². The molecule has 3 aromatic heterocycles. The van der Waals surface area contributed by atoms with E-state index in [0.717, 1.165) is 21.6 Å². The number of hydrogen-bond donors (Lipinski definition) is 0. The van der Waals surface area contributed by atoms with E-state index in [4.69, 9.17) is 14.1 Å². The van der Waals surface area contributed by atoms with Gasteiger partial charge in [-0.15, -0.1) is 11.3 Å². The molecule has 5 nitrogen and oxygen atoms in total. The summed E-state index contributed by atoms with van der Waals surface area (Å²) in [7, 11) is 0. The lowest BCUT2D eigenvalue weighted by atomic mass is 10.1. The summed E-state index contributed by atoms with van der Waals surface area (Å²) in [5.41, 5.74) is 2.57. The van der Waals surface area contributed by atoms with Crippen molar-refractivity contribution in [1.29, 1.82) is 0 Å². The summed E-state index contributed by atoms with van der Waals surface area (Å²) in [4.78, 5) is 21.5. The molecule has 0 atom stereocenters. The number of hydrogen-bond acceptors (Lipinski definition) is 6. The van der Waals surface area contributed by atoms with Crippen molar-refractivity contribution in [2.75, 3.05) is 0 Å². The third-order valence-corrected chi connectivity index (χ3v) is 4.81. The van der Waals surface area contributed by atoms with Gasteiger partial charge in [-0.05, 0) is 49.6 Å². The second-order valence-electron chi connectivity index (χ2n) is 7.01. The van der Waals surface area contributed by atoms with Crippen LogP contribution in [-0.2, 0) is 0 Å². The molecule has 0 saturated heterocycles. The Morgan fingerprint density at radius 3 is 2.20 bits per heavy atom. The molecule has 0 aliphatic heterocycles. The molecule has 4 rings (SSSR count). The molecule has 4 aromatic rings. The second kappa shape index (κ2) is 10.7. The van der Waals surface area contributed by atoms with Crippen LogP contribution < -0.4 is 4.74 Å². The summed E-state index contributed by atoms with van der Waals surface area (Å²) >= 11 is 1.64. The lowest BCUT2D eigenvalue weighted by molar-refractivity contribution is 0.0911. The fourth-order valence-electron chi connectivity index (χ4n) is 2.57. The number of carbonyl (C=O) groups excluding carboxylic acids is 1.